The molecule has 7 nitrogen and oxygen atoms in total. The van der Waals surface area contributed by atoms with E-state index >= 15 is 0 Å². The van der Waals surface area contributed by atoms with Crippen molar-refractivity contribution in [3.63, 3.8) is 0 Å². The molecule has 0 fully saturated rings. The molecule has 0 spiro atoms. The molecule has 0 aliphatic rings. The fraction of sp³-hybridized carbons (Fsp3) is 0.0556. The van der Waals surface area contributed by atoms with Crippen LogP contribution in [0.1, 0.15) is 5.56 Å². The van der Waals surface area contributed by atoms with Crippen molar-refractivity contribution in [2.75, 3.05) is 12.4 Å². The van der Waals surface area contributed by atoms with E-state index < -0.39 is 0 Å². The fourth-order valence-electron chi connectivity index (χ4n) is 2.73. The normalized spacial score (nSPS) is 10.7. The van der Waals surface area contributed by atoms with E-state index in [0.29, 0.717) is 39.2 Å². The Hall–Kier alpha value is -3.50. The van der Waals surface area contributed by atoms with Crippen molar-refractivity contribution in [3.05, 3.63) is 59.5 Å². The van der Waals surface area contributed by atoms with Gasteiger partial charge in [0.15, 0.2) is 11.5 Å². The summed E-state index contributed by atoms with van der Waals surface area (Å²) in [5.74, 6) is 1.28. The van der Waals surface area contributed by atoms with Crippen molar-refractivity contribution in [1.29, 1.82) is 5.26 Å². The Labute approximate surface area is 153 Å². The van der Waals surface area contributed by atoms with Crippen LogP contribution in [0.25, 0.3) is 16.9 Å². The highest BCUT2D eigenvalue weighted by molar-refractivity contribution is 6.31. The number of imidazole rings is 1. The van der Waals surface area contributed by atoms with Gasteiger partial charge in [0.2, 0.25) is 0 Å². The number of fused-ring (bicyclic) bond motifs is 1. The molecule has 2 N–H and O–H groups in total. The highest BCUT2D eigenvalue weighted by Crippen LogP contribution is 2.35. The highest BCUT2D eigenvalue weighted by atomic mass is 35.5. The second kappa shape index (κ2) is 6.43. The summed E-state index contributed by atoms with van der Waals surface area (Å²) in [5.41, 5.74) is 3.12. The number of H-pyrrole nitrogens is 1. The van der Waals surface area contributed by atoms with E-state index in [1.165, 1.54) is 0 Å². The van der Waals surface area contributed by atoms with Gasteiger partial charge < -0.3 is 10.1 Å². The topological polar surface area (TPSA) is 91.0 Å². The number of halogens is 1. The third-order valence-electron chi connectivity index (χ3n) is 3.93. The second-order valence-electron chi connectivity index (χ2n) is 5.48. The molecule has 128 valence electrons. The molecule has 26 heavy (non-hydrogen) atoms. The van der Waals surface area contributed by atoms with E-state index in [1.807, 2.05) is 12.1 Å². The predicted molar refractivity (Wildman–Crippen MR) is 98.8 cm³/mol. The van der Waals surface area contributed by atoms with Crippen LogP contribution < -0.4 is 10.1 Å². The minimum Gasteiger partial charge on any atom is -0.495 e. The molecule has 3 heterocycles. The van der Waals surface area contributed by atoms with Gasteiger partial charge in [0.25, 0.3) is 0 Å². The van der Waals surface area contributed by atoms with Crippen LogP contribution >= 0.6 is 11.6 Å². The molecule has 4 aromatic rings. The molecule has 0 unspecified atom stereocenters. The van der Waals surface area contributed by atoms with Gasteiger partial charge in [-0.25, -0.2) is 9.50 Å². The standard InChI is InChI=1S/C18H13ClN6O/c1-26-15-5-4-13(19)7-14(15)23-18-16(11-3-2-6-21-9-11)24-17-12(8-20)10-22-25(17)18/h2-7,9-10,22-23H,1H3. The summed E-state index contributed by atoms with van der Waals surface area (Å²) in [5, 5.41) is 16.2. The van der Waals surface area contributed by atoms with E-state index in [4.69, 9.17) is 16.3 Å². The summed E-state index contributed by atoms with van der Waals surface area (Å²) < 4.78 is 7.12. The van der Waals surface area contributed by atoms with Gasteiger partial charge in [-0.1, -0.05) is 11.6 Å². The molecular weight excluding hydrogens is 352 g/mol. The highest BCUT2D eigenvalue weighted by Gasteiger charge is 2.19. The third-order valence-corrected chi connectivity index (χ3v) is 4.16. The molecule has 0 bridgehead atoms. The molecule has 0 saturated heterocycles. The zero-order valence-corrected chi connectivity index (χ0v) is 14.4. The van der Waals surface area contributed by atoms with Crippen molar-refractivity contribution in [1.82, 2.24) is 19.6 Å². The summed E-state index contributed by atoms with van der Waals surface area (Å²) in [4.78, 5) is 8.78. The van der Waals surface area contributed by atoms with Crippen LogP contribution in [0, 0.1) is 11.3 Å². The van der Waals surface area contributed by atoms with Gasteiger partial charge in [-0.05, 0) is 30.3 Å². The lowest BCUT2D eigenvalue weighted by molar-refractivity contribution is 0.417. The van der Waals surface area contributed by atoms with Gasteiger partial charge in [0.05, 0.1) is 12.8 Å². The predicted octanol–water partition coefficient (Wildman–Crippen LogP) is 4.00. The van der Waals surface area contributed by atoms with Crippen LogP contribution in [0.5, 0.6) is 5.75 Å². The number of ether oxygens (including phenoxy) is 1. The molecule has 0 radical (unpaired) electrons. The Morgan fingerprint density at radius 2 is 2.23 bits per heavy atom. The van der Waals surface area contributed by atoms with E-state index in [2.05, 4.69) is 26.5 Å². The first-order chi connectivity index (χ1) is 12.7. The smallest absolute Gasteiger partial charge is 0.173 e. The van der Waals surface area contributed by atoms with Gasteiger partial charge in [0.1, 0.15) is 23.1 Å². The number of aromatic amines is 1. The third kappa shape index (κ3) is 2.62. The Bertz CT molecular complexity index is 1130. The number of nitrogens with one attached hydrogen (secondary N) is 2. The molecule has 8 heteroatoms. The van der Waals surface area contributed by atoms with Crippen LogP contribution in [0.15, 0.2) is 48.9 Å². The number of methoxy groups -OCH3 is 1. The number of nitriles is 1. The Morgan fingerprint density at radius 1 is 1.35 bits per heavy atom. The minimum absolute atomic E-state index is 0.446. The first-order valence-corrected chi connectivity index (χ1v) is 8.10. The van der Waals surface area contributed by atoms with E-state index in [-0.39, 0.29) is 0 Å². The molecule has 3 aromatic heterocycles. The van der Waals surface area contributed by atoms with Crippen molar-refractivity contribution in [3.8, 4) is 23.1 Å². The maximum absolute atomic E-state index is 9.31. The van der Waals surface area contributed by atoms with Gasteiger partial charge in [-0.2, -0.15) is 5.26 Å². The number of rotatable bonds is 4. The molecule has 4 rings (SSSR count). The zero-order chi connectivity index (χ0) is 18.1. The average molecular weight is 365 g/mol. The minimum atomic E-state index is 0.446. The molecule has 0 atom stereocenters. The van der Waals surface area contributed by atoms with Crippen LogP contribution in [-0.4, -0.2) is 26.7 Å². The van der Waals surface area contributed by atoms with Gasteiger partial charge in [0, 0.05) is 29.2 Å². The van der Waals surface area contributed by atoms with Crippen LogP contribution in [0.4, 0.5) is 11.5 Å². The van der Waals surface area contributed by atoms with E-state index in [1.54, 1.807) is 48.4 Å². The largest absolute Gasteiger partial charge is 0.495 e. The molecule has 0 amide bonds. The number of hydrogen-bond acceptors (Lipinski definition) is 5. The first kappa shape index (κ1) is 16.0. The molecule has 0 aliphatic carbocycles. The molecule has 0 saturated carbocycles. The second-order valence-corrected chi connectivity index (χ2v) is 5.91. The van der Waals surface area contributed by atoms with E-state index in [9.17, 15) is 5.26 Å². The number of benzene rings is 1. The number of aromatic nitrogens is 4. The number of nitrogens with zero attached hydrogens (tertiary/aromatic N) is 4. The fourth-order valence-corrected chi connectivity index (χ4v) is 2.90. The van der Waals surface area contributed by atoms with E-state index in [0.717, 1.165) is 5.56 Å². The maximum atomic E-state index is 9.31. The lowest BCUT2D eigenvalue weighted by Gasteiger charge is -2.12. The Kier molecular flexibility index (Phi) is 3.95. The zero-order valence-electron chi connectivity index (χ0n) is 13.7. The van der Waals surface area contributed by atoms with Crippen LogP contribution in [-0.2, 0) is 0 Å². The summed E-state index contributed by atoms with van der Waals surface area (Å²) in [6.45, 7) is 0. The number of pyridine rings is 1. The van der Waals surface area contributed by atoms with Crippen molar-refractivity contribution in [2.45, 2.75) is 0 Å². The molecule has 0 aliphatic heterocycles. The lowest BCUT2D eigenvalue weighted by atomic mass is 10.2. The Balaban J connectivity index is 1.92. The SMILES string of the molecule is COc1ccc(Cl)cc1Nc1c(-c2cccnc2)nc2c(C#N)c[nH]n12. The van der Waals surface area contributed by atoms with Crippen LogP contribution in [0.3, 0.4) is 0 Å². The lowest BCUT2D eigenvalue weighted by Crippen LogP contribution is -2.00. The van der Waals surface area contributed by atoms with Gasteiger partial charge >= 0.3 is 0 Å². The van der Waals surface area contributed by atoms with Gasteiger partial charge in [-0.15, -0.1) is 0 Å². The quantitative estimate of drug-likeness (QED) is 0.571. The summed E-state index contributed by atoms with van der Waals surface area (Å²) >= 11 is 6.14. The summed E-state index contributed by atoms with van der Waals surface area (Å²) in [6, 6.07) is 11.2. The average Bonchev–Trinajstić information content (AvgIpc) is 3.22. The summed E-state index contributed by atoms with van der Waals surface area (Å²) in [7, 11) is 1.59. The van der Waals surface area contributed by atoms with Crippen molar-refractivity contribution >= 4 is 28.8 Å². The number of anilines is 2. The molecular formula is C18H13ClN6O. The van der Waals surface area contributed by atoms with Gasteiger partial charge in [-0.3, -0.25) is 10.1 Å². The monoisotopic (exact) mass is 364 g/mol. The first-order valence-electron chi connectivity index (χ1n) is 7.72. The maximum Gasteiger partial charge on any atom is 0.173 e. The van der Waals surface area contributed by atoms with Crippen LogP contribution in [0.2, 0.25) is 5.02 Å². The Morgan fingerprint density at radius 3 is 2.96 bits per heavy atom. The van der Waals surface area contributed by atoms with Crippen molar-refractivity contribution < 1.29 is 4.74 Å². The summed E-state index contributed by atoms with van der Waals surface area (Å²) in [6.07, 6.45) is 5.02. The molecule has 1 aromatic carbocycles. The number of hydrogen-bond donors (Lipinski definition) is 2. The van der Waals surface area contributed by atoms with Crippen molar-refractivity contribution in [2.24, 2.45) is 0 Å².